The molecule has 0 radical (unpaired) electrons. The van der Waals surface area contributed by atoms with Crippen LogP contribution in [0.4, 0.5) is 0 Å². The second-order valence-electron chi connectivity index (χ2n) is 5.12. The first kappa shape index (κ1) is 15.9. The van der Waals surface area contributed by atoms with Gasteiger partial charge in [-0.3, -0.25) is 0 Å². The van der Waals surface area contributed by atoms with Gasteiger partial charge in [0.05, 0.1) is 19.8 Å². The molecule has 1 rings (SSSR count). The van der Waals surface area contributed by atoms with Crippen LogP contribution in [0.3, 0.4) is 0 Å². The number of likely N-dealkylation sites (tertiary alicyclic amines) is 1. The van der Waals surface area contributed by atoms with Crippen molar-refractivity contribution in [3.8, 4) is 0 Å². The largest absolute Gasteiger partial charge is 0.382 e. The summed E-state index contributed by atoms with van der Waals surface area (Å²) in [5, 5.41) is 3.58. The minimum absolute atomic E-state index is 0.607. The number of hydrogen-bond acceptors (Lipinski definition) is 4. The molecule has 4 heteroatoms. The van der Waals surface area contributed by atoms with Crippen LogP contribution in [0.15, 0.2) is 0 Å². The summed E-state index contributed by atoms with van der Waals surface area (Å²) >= 11 is 0. The van der Waals surface area contributed by atoms with E-state index in [1.807, 2.05) is 0 Å². The second-order valence-corrected chi connectivity index (χ2v) is 5.12. The molecule has 0 aromatic rings. The van der Waals surface area contributed by atoms with Gasteiger partial charge in [0.25, 0.3) is 0 Å². The Kier molecular flexibility index (Phi) is 8.59. The first-order valence-electron chi connectivity index (χ1n) is 7.30. The van der Waals surface area contributed by atoms with Crippen molar-refractivity contribution in [1.82, 2.24) is 10.2 Å². The van der Waals surface area contributed by atoms with Crippen LogP contribution >= 0.6 is 0 Å². The monoisotopic (exact) mass is 258 g/mol. The molecule has 0 amide bonds. The minimum Gasteiger partial charge on any atom is -0.382 e. The quantitative estimate of drug-likeness (QED) is 0.633. The first-order chi connectivity index (χ1) is 8.77. The molecule has 1 saturated heterocycles. The number of piperidine rings is 1. The van der Waals surface area contributed by atoms with E-state index in [0.717, 1.165) is 19.1 Å². The van der Waals surface area contributed by atoms with Crippen LogP contribution in [-0.4, -0.2) is 64.1 Å². The molecule has 0 saturated carbocycles. The maximum Gasteiger partial charge on any atom is 0.0700 e. The SMILES string of the molecule is CCN1CCC(C(C)NCCOCCOC)CC1. The molecular formula is C14H30N2O2. The smallest absolute Gasteiger partial charge is 0.0700 e. The van der Waals surface area contributed by atoms with Gasteiger partial charge in [-0.2, -0.15) is 0 Å². The molecule has 1 aliphatic rings. The van der Waals surface area contributed by atoms with Crippen LogP contribution in [0.2, 0.25) is 0 Å². The summed E-state index contributed by atoms with van der Waals surface area (Å²) in [6, 6.07) is 0.607. The molecule has 1 N–H and O–H groups in total. The van der Waals surface area contributed by atoms with Gasteiger partial charge < -0.3 is 19.7 Å². The van der Waals surface area contributed by atoms with E-state index in [9.17, 15) is 0 Å². The maximum atomic E-state index is 5.45. The third-order valence-electron chi connectivity index (χ3n) is 3.93. The van der Waals surface area contributed by atoms with Gasteiger partial charge in [-0.1, -0.05) is 6.92 Å². The molecule has 0 aromatic carbocycles. The molecule has 18 heavy (non-hydrogen) atoms. The molecule has 108 valence electrons. The lowest BCUT2D eigenvalue weighted by Gasteiger charge is -2.34. The van der Waals surface area contributed by atoms with Crippen LogP contribution in [0.1, 0.15) is 26.7 Å². The summed E-state index contributed by atoms with van der Waals surface area (Å²) in [6.45, 7) is 11.4. The lowest BCUT2D eigenvalue weighted by Crippen LogP contribution is -2.42. The van der Waals surface area contributed by atoms with Crippen LogP contribution < -0.4 is 5.32 Å². The summed E-state index contributed by atoms with van der Waals surface area (Å²) in [5.41, 5.74) is 0. The Hall–Kier alpha value is -0.160. The fourth-order valence-electron chi connectivity index (χ4n) is 2.54. The Labute approximate surface area is 112 Å². The zero-order valence-corrected chi connectivity index (χ0v) is 12.3. The van der Waals surface area contributed by atoms with E-state index in [2.05, 4.69) is 24.1 Å². The average Bonchev–Trinajstić information content (AvgIpc) is 2.42. The molecule has 0 spiro atoms. The maximum absolute atomic E-state index is 5.45. The Balaban J connectivity index is 2.01. The average molecular weight is 258 g/mol. The van der Waals surface area contributed by atoms with Crippen molar-refractivity contribution in [3.05, 3.63) is 0 Å². The number of nitrogens with one attached hydrogen (secondary N) is 1. The fourth-order valence-corrected chi connectivity index (χ4v) is 2.54. The highest BCUT2D eigenvalue weighted by molar-refractivity contribution is 4.78. The van der Waals surface area contributed by atoms with Gasteiger partial charge in [-0.25, -0.2) is 0 Å². The highest BCUT2D eigenvalue weighted by atomic mass is 16.5. The lowest BCUT2D eigenvalue weighted by molar-refractivity contribution is 0.0694. The number of hydrogen-bond donors (Lipinski definition) is 1. The Morgan fingerprint density at radius 3 is 2.56 bits per heavy atom. The van der Waals surface area contributed by atoms with Gasteiger partial charge in [0.15, 0.2) is 0 Å². The molecule has 4 nitrogen and oxygen atoms in total. The molecular weight excluding hydrogens is 228 g/mol. The van der Waals surface area contributed by atoms with Crippen molar-refractivity contribution in [3.63, 3.8) is 0 Å². The number of nitrogens with zero attached hydrogens (tertiary/aromatic N) is 1. The van der Waals surface area contributed by atoms with Crippen molar-refractivity contribution in [1.29, 1.82) is 0 Å². The molecule has 1 aliphatic heterocycles. The third-order valence-corrected chi connectivity index (χ3v) is 3.93. The van der Waals surface area contributed by atoms with E-state index in [1.165, 1.54) is 32.5 Å². The van der Waals surface area contributed by atoms with Gasteiger partial charge in [-0.15, -0.1) is 0 Å². The van der Waals surface area contributed by atoms with Crippen molar-refractivity contribution >= 4 is 0 Å². The molecule has 1 atom stereocenters. The van der Waals surface area contributed by atoms with E-state index >= 15 is 0 Å². The normalized spacial score (nSPS) is 20.2. The standard InChI is InChI=1S/C14H30N2O2/c1-4-16-8-5-14(6-9-16)13(2)15-7-10-18-12-11-17-3/h13-15H,4-12H2,1-3H3. The summed E-state index contributed by atoms with van der Waals surface area (Å²) in [6.07, 6.45) is 2.65. The van der Waals surface area contributed by atoms with Gasteiger partial charge >= 0.3 is 0 Å². The molecule has 0 aliphatic carbocycles. The Morgan fingerprint density at radius 2 is 1.94 bits per heavy atom. The van der Waals surface area contributed by atoms with E-state index in [0.29, 0.717) is 19.3 Å². The topological polar surface area (TPSA) is 33.7 Å². The number of methoxy groups -OCH3 is 1. The summed E-state index contributed by atoms with van der Waals surface area (Å²) in [7, 11) is 1.70. The Morgan fingerprint density at radius 1 is 1.22 bits per heavy atom. The molecule has 1 fully saturated rings. The first-order valence-corrected chi connectivity index (χ1v) is 7.30. The van der Waals surface area contributed by atoms with E-state index in [1.54, 1.807) is 7.11 Å². The second kappa shape index (κ2) is 9.73. The highest BCUT2D eigenvalue weighted by Crippen LogP contribution is 2.20. The lowest BCUT2D eigenvalue weighted by atomic mass is 9.90. The van der Waals surface area contributed by atoms with Crippen molar-refractivity contribution < 1.29 is 9.47 Å². The zero-order chi connectivity index (χ0) is 13.2. The number of rotatable bonds is 9. The number of ether oxygens (including phenoxy) is 2. The predicted molar refractivity (Wildman–Crippen MR) is 75.0 cm³/mol. The third kappa shape index (κ3) is 6.14. The van der Waals surface area contributed by atoms with Crippen LogP contribution in [0.25, 0.3) is 0 Å². The fraction of sp³-hybridized carbons (Fsp3) is 1.00. The van der Waals surface area contributed by atoms with Crippen molar-refractivity contribution in [2.24, 2.45) is 5.92 Å². The molecule has 1 heterocycles. The zero-order valence-electron chi connectivity index (χ0n) is 12.3. The summed E-state index contributed by atoms with van der Waals surface area (Å²) in [5.74, 6) is 0.826. The minimum atomic E-state index is 0.607. The van der Waals surface area contributed by atoms with Crippen LogP contribution in [0.5, 0.6) is 0 Å². The van der Waals surface area contributed by atoms with Crippen LogP contribution in [-0.2, 0) is 9.47 Å². The van der Waals surface area contributed by atoms with E-state index < -0.39 is 0 Å². The summed E-state index contributed by atoms with van der Waals surface area (Å²) in [4.78, 5) is 2.54. The van der Waals surface area contributed by atoms with E-state index in [-0.39, 0.29) is 0 Å². The van der Waals surface area contributed by atoms with Gasteiger partial charge in [0.1, 0.15) is 0 Å². The van der Waals surface area contributed by atoms with Gasteiger partial charge in [0.2, 0.25) is 0 Å². The molecule has 1 unspecified atom stereocenters. The Bertz CT molecular complexity index is 194. The van der Waals surface area contributed by atoms with Gasteiger partial charge in [0, 0.05) is 19.7 Å². The van der Waals surface area contributed by atoms with Crippen molar-refractivity contribution in [2.45, 2.75) is 32.7 Å². The molecule has 0 bridgehead atoms. The molecule has 0 aromatic heterocycles. The van der Waals surface area contributed by atoms with E-state index in [4.69, 9.17) is 9.47 Å². The van der Waals surface area contributed by atoms with Crippen molar-refractivity contribution in [2.75, 3.05) is 53.1 Å². The predicted octanol–water partition coefficient (Wildman–Crippen LogP) is 1.36. The highest BCUT2D eigenvalue weighted by Gasteiger charge is 2.22. The van der Waals surface area contributed by atoms with Crippen LogP contribution in [0, 0.1) is 5.92 Å². The summed E-state index contributed by atoms with van der Waals surface area (Å²) < 4.78 is 10.4. The van der Waals surface area contributed by atoms with Gasteiger partial charge in [-0.05, 0) is 45.3 Å².